The fourth-order valence-corrected chi connectivity index (χ4v) is 2.62. The lowest BCUT2D eigenvalue weighted by Crippen LogP contribution is -2.56. The van der Waals surface area contributed by atoms with Crippen LogP contribution in [-0.2, 0) is 11.8 Å². The molecule has 24 heavy (non-hydrogen) atoms. The van der Waals surface area contributed by atoms with Crippen LogP contribution < -0.4 is 15.5 Å². The molecule has 1 aromatic rings. The van der Waals surface area contributed by atoms with E-state index in [0.29, 0.717) is 13.1 Å². The molecule has 8 nitrogen and oxygen atoms in total. The van der Waals surface area contributed by atoms with Crippen molar-refractivity contribution in [2.45, 2.75) is 26.3 Å². The Morgan fingerprint density at radius 2 is 2.08 bits per heavy atom. The van der Waals surface area contributed by atoms with Crippen LogP contribution >= 0.6 is 0 Å². The predicted molar refractivity (Wildman–Crippen MR) is 96.3 cm³/mol. The highest BCUT2D eigenvalue weighted by molar-refractivity contribution is 5.98. The summed E-state index contributed by atoms with van der Waals surface area (Å²) in [5, 5.41) is 10.9. The molecule has 1 aliphatic heterocycles. The summed E-state index contributed by atoms with van der Waals surface area (Å²) in [6.45, 7) is 9.71. The zero-order valence-corrected chi connectivity index (χ0v) is 15.3. The number of hydrogen-bond acceptors (Lipinski definition) is 4. The predicted octanol–water partition coefficient (Wildman–Crippen LogP) is 0.0322. The quantitative estimate of drug-likeness (QED) is 0.461. The molecule has 1 aliphatic rings. The van der Waals surface area contributed by atoms with Gasteiger partial charge in [0.1, 0.15) is 6.54 Å². The van der Waals surface area contributed by atoms with Crippen LogP contribution in [0, 0.1) is 0 Å². The van der Waals surface area contributed by atoms with Gasteiger partial charge in [0.25, 0.3) is 0 Å². The molecule has 0 bridgehead atoms. The third-order valence-electron chi connectivity index (χ3n) is 3.80. The van der Waals surface area contributed by atoms with Crippen molar-refractivity contribution in [1.82, 2.24) is 25.3 Å². The summed E-state index contributed by atoms with van der Waals surface area (Å²) in [5.41, 5.74) is 0.940. The molecular formula is C16H29N7O. The molecule has 1 aromatic heterocycles. The number of amides is 1. The molecule has 0 radical (unpaired) electrons. The molecule has 1 fully saturated rings. The number of nitrogens with zero attached hydrogens (tertiary/aromatic N) is 5. The molecule has 2 N–H and O–H groups in total. The zero-order valence-electron chi connectivity index (χ0n) is 15.3. The van der Waals surface area contributed by atoms with Crippen molar-refractivity contribution in [1.29, 1.82) is 0 Å². The van der Waals surface area contributed by atoms with Gasteiger partial charge in [-0.2, -0.15) is 5.10 Å². The van der Waals surface area contributed by atoms with E-state index in [-0.39, 0.29) is 11.4 Å². The lowest BCUT2D eigenvalue weighted by molar-refractivity contribution is -0.120. The van der Waals surface area contributed by atoms with E-state index >= 15 is 0 Å². The Morgan fingerprint density at radius 1 is 1.33 bits per heavy atom. The van der Waals surface area contributed by atoms with Gasteiger partial charge in [-0.1, -0.05) is 0 Å². The SMILES string of the molecule is CN=C(NCCNC(C)(C)C)N1CCN(c2cnn(C)c2)C(=O)C1. The van der Waals surface area contributed by atoms with Crippen molar-refractivity contribution >= 4 is 17.6 Å². The van der Waals surface area contributed by atoms with Gasteiger partial charge in [0.15, 0.2) is 5.96 Å². The Morgan fingerprint density at radius 3 is 2.62 bits per heavy atom. The Kier molecular flexibility index (Phi) is 5.82. The van der Waals surface area contributed by atoms with Gasteiger partial charge in [-0.05, 0) is 20.8 Å². The second kappa shape index (κ2) is 7.65. The summed E-state index contributed by atoms with van der Waals surface area (Å²) >= 11 is 0. The van der Waals surface area contributed by atoms with Gasteiger partial charge in [-0.25, -0.2) is 0 Å². The van der Waals surface area contributed by atoms with Crippen LogP contribution in [0.5, 0.6) is 0 Å². The molecule has 0 saturated carbocycles. The summed E-state index contributed by atoms with van der Waals surface area (Å²) in [5.74, 6) is 0.829. The standard InChI is InChI=1S/C16H29N7O/c1-16(2,3)19-7-6-18-15(17-4)22-8-9-23(14(24)12-22)13-10-20-21(5)11-13/h10-11,19H,6-9,12H2,1-5H3,(H,17,18). The number of piperazine rings is 1. The number of aryl methyl sites for hydroxylation is 1. The topological polar surface area (TPSA) is 77.8 Å². The minimum absolute atomic E-state index is 0.0602. The summed E-state index contributed by atoms with van der Waals surface area (Å²) in [6, 6.07) is 0. The Bertz CT molecular complexity index is 587. The van der Waals surface area contributed by atoms with Crippen LogP contribution in [0.4, 0.5) is 5.69 Å². The fraction of sp³-hybridized carbons (Fsp3) is 0.688. The molecule has 0 atom stereocenters. The molecule has 134 valence electrons. The number of nitrogens with one attached hydrogen (secondary N) is 2. The molecule has 2 rings (SSSR count). The highest BCUT2D eigenvalue weighted by Gasteiger charge is 2.27. The van der Waals surface area contributed by atoms with Crippen molar-refractivity contribution in [3.63, 3.8) is 0 Å². The Balaban J connectivity index is 1.85. The van der Waals surface area contributed by atoms with Crippen molar-refractivity contribution < 1.29 is 4.79 Å². The Labute approximate surface area is 143 Å². The molecule has 1 amide bonds. The molecular weight excluding hydrogens is 306 g/mol. The maximum Gasteiger partial charge on any atom is 0.246 e. The highest BCUT2D eigenvalue weighted by atomic mass is 16.2. The number of carbonyl (C=O) groups excluding carboxylic acids is 1. The lowest BCUT2D eigenvalue weighted by Gasteiger charge is -2.35. The largest absolute Gasteiger partial charge is 0.355 e. The summed E-state index contributed by atoms with van der Waals surface area (Å²) in [7, 11) is 3.60. The molecule has 8 heteroatoms. The number of guanidine groups is 1. The second-order valence-corrected chi connectivity index (χ2v) is 6.99. The van der Waals surface area contributed by atoms with E-state index in [2.05, 4.69) is 41.5 Å². The number of aliphatic imine (C=N–C) groups is 1. The van der Waals surface area contributed by atoms with Crippen LogP contribution in [0.25, 0.3) is 0 Å². The first-order valence-corrected chi connectivity index (χ1v) is 8.30. The van der Waals surface area contributed by atoms with E-state index in [1.807, 2.05) is 18.1 Å². The van der Waals surface area contributed by atoms with E-state index in [1.165, 1.54) is 0 Å². The van der Waals surface area contributed by atoms with E-state index < -0.39 is 0 Å². The summed E-state index contributed by atoms with van der Waals surface area (Å²) in [6.07, 6.45) is 3.58. The monoisotopic (exact) mass is 335 g/mol. The normalized spacial score (nSPS) is 16.7. The van der Waals surface area contributed by atoms with Crippen LogP contribution in [0.2, 0.25) is 0 Å². The first kappa shape index (κ1) is 18.3. The number of anilines is 1. The van der Waals surface area contributed by atoms with Crippen LogP contribution in [0.1, 0.15) is 20.8 Å². The summed E-state index contributed by atoms with van der Waals surface area (Å²) in [4.78, 5) is 20.5. The van der Waals surface area contributed by atoms with Crippen molar-refractivity contribution in [3.8, 4) is 0 Å². The minimum Gasteiger partial charge on any atom is -0.355 e. The number of aromatic nitrogens is 2. The Hall–Kier alpha value is -2.09. The van der Waals surface area contributed by atoms with Gasteiger partial charge in [-0.3, -0.25) is 14.5 Å². The van der Waals surface area contributed by atoms with Gasteiger partial charge < -0.3 is 20.4 Å². The lowest BCUT2D eigenvalue weighted by atomic mass is 10.1. The molecule has 0 unspecified atom stereocenters. The van der Waals surface area contributed by atoms with E-state index in [4.69, 9.17) is 0 Å². The molecule has 0 aromatic carbocycles. The van der Waals surface area contributed by atoms with E-state index in [9.17, 15) is 4.79 Å². The molecule has 2 heterocycles. The number of carbonyl (C=O) groups is 1. The van der Waals surface area contributed by atoms with Crippen LogP contribution in [0.15, 0.2) is 17.4 Å². The third kappa shape index (κ3) is 4.95. The molecule has 0 spiro atoms. The maximum atomic E-state index is 12.4. The van der Waals surface area contributed by atoms with Crippen molar-refractivity contribution in [3.05, 3.63) is 12.4 Å². The first-order valence-electron chi connectivity index (χ1n) is 8.30. The van der Waals surface area contributed by atoms with Crippen LogP contribution in [-0.4, -0.2) is 71.9 Å². The second-order valence-electron chi connectivity index (χ2n) is 6.99. The van der Waals surface area contributed by atoms with Gasteiger partial charge in [-0.15, -0.1) is 0 Å². The van der Waals surface area contributed by atoms with Crippen molar-refractivity contribution in [2.75, 3.05) is 44.7 Å². The molecule has 0 aliphatic carbocycles. The van der Waals surface area contributed by atoms with Gasteiger partial charge in [0.05, 0.1) is 11.9 Å². The maximum absolute atomic E-state index is 12.4. The third-order valence-corrected chi connectivity index (χ3v) is 3.80. The van der Waals surface area contributed by atoms with E-state index in [1.54, 1.807) is 22.8 Å². The van der Waals surface area contributed by atoms with Crippen LogP contribution in [0.3, 0.4) is 0 Å². The smallest absolute Gasteiger partial charge is 0.246 e. The zero-order chi connectivity index (χ0) is 17.7. The minimum atomic E-state index is 0.0602. The fourth-order valence-electron chi connectivity index (χ4n) is 2.62. The van der Waals surface area contributed by atoms with Gasteiger partial charge in [0.2, 0.25) is 5.91 Å². The highest BCUT2D eigenvalue weighted by Crippen LogP contribution is 2.15. The average molecular weight is 335 g/mol. The first-order chi connectivity index (χ1) is 11.3. The van der Waals surface area contributed by atoms with E-state index in [0.717, 1.165) is 31.3 Å². The average Bonchev–Trinajstić information content (AvgIpc) is 2.92. The number of hydrogen-bond donors (Lipinski definition) is 2. The molecule has 1 saturated heterocycles. The van der Waals surface area contributed by atoms with Crippen molar-refractivity contribution in [2.24, 2.45) is 12.0 Å². The van der Waals surface area contributed by atoms with Gasteiger partial charge in [0, 0.05) is 52.0 Å². The van der Waals surface area contributed by atoms with Gasteiger partial charge >= 0.3 is 0 Å². The summed E-state index contributed by atoms with van der Waals surface area (Å²) < 4.78 is 1.71. The number of rotatable bonds is 4.